The van der Waals surface area contributed by atoms with Crippen molar-refractivity contribution in [3.63, 3.8) is 0 Å². The molecular formula is C21H23ClN2O3. The van der Waals surface area contributed by atoms with Crippen LogP contribution in [0.15, 0.2) is 48.5 Å². The molecule has 6 heteroatoms. The van der Waals surface area contributed by atoms with Crippen molar-refractivity contribution in [3.8, 4) is 5.75 Å². The highest BCUT2D eigenvalue weighted by molar-refractivity contribution is 6.30. The van der Waals surface area contributed by atoms with Gasteiger partial charge in [-0.2, -0.15) is 0 Å². The SMILES string of the molecule is COc1ccccc1CNC(=O)C1CCN(C(=O)c2ccc(Cl)cc2)CC1. The molecule has 2 aromatic carbocycles. The van der Waals surface area contributed by atoms with Gasteiger partial charge in [0, 0.05) is 41.7 Å². The van der Waals surface area contributed by atoms with Crippen LogP contribution in [0, 0.1) is 5.92 Å². The molecule has 0 aliphatic carbocycles. The number of likely N-dealkylation sites (tertiary alicyclic amines) is 1. The van der Waals surface area contributed by atoms with Gasteiger partial charge in [0.15, 0.2) is 0 Å². The number of piperidine rings is 1. The molecule has 1 aliphatic heterocycles. The minimum atomic E-state index is -0.0750. The molecule has 1 N–H and O–H groups in total. The molecule has 1 saturated heterocycles. The molecule has 142 valence electrons. The fourth-order valence-electron chi connectivity index (χ4n) is 3.30. The number of rotatable bonds is 5. The first-order valence-corrected chi connectivity index (χ1v) is 9.40. The highest BCUT2D eigenvalue weighted by Crippen LogP contribution is 2.21. The fraction of sp³-hybridized carbons (Fsp3) is 0.333. The summed E-state index contributed by atoms with van der Waals surface area (Å²) < 4.78 is 5.31. The predicted octanol–water partition coefficient (Wildman–Crippen LogP) is 3.52. The summed E-state index contributed by atoms with van der Waals surface area (Å²) in [6.07, 6.45) is 1.33. The molecule has 0 radical (unpaired) electrons. The van der Waals surface area contributed by atoms with Crippen molar-refractivity contribution < 1.29 is 14.3 Å². The molecule has 1 aliphatic rings. The number of hydrogen-bond acceptors (Lipinski definition) is 3. The van der Waals surface area contributed by atoms with Crippen LogP contribution in [0.1, 0.15) is 28.8 Å². The number of para-hydroxylation sites is 1. The van der Waals surface area contributed by atoms with Crippen LogP contribution >= 0.6 is 11.6 Å². The van der Waals surface area contributed by atoms with Crippen molar-refractivity contribution in [2.75, 3.05) is 20.2 Å². The zero-order chi connectivity index (χ0) is 19.2. The number of nitrogens with one attached hydrogen (secondary N) is 1. The molecule has 2 aromatic rings. The number of hydrogen-bond donors (Lipinski definition) is 1. The molecule has 0 unspecified atom stereocenters. The molecular weight excluding hydrogens is 364 g/mol. The summed E-state index contributed by atoms with van der Waals surface area (Å²) in [4.78, 5) is 26.8. The molecule has 0 bridgehead atoms. The molecule has 0 aromatic heterocycles. The van der Waals surface area contributed by atoms with E-state index in [2.05, 4.69) is 5.32 Å². The van der Waals surface area contributed by atoms with Gasteiger partial charge in [-0.15, -0.1) is 0 Å². The summed E-state index contributed by atoms with van der Waals surface area (Å²) in [6.45, 7) is 1.59. The van der Waals surface area contributed by atoms with Crippen LogP contribution < -0.4 is 10.1 Å². The topological polar surface area (TPSA) is 58.6 Å². The molecule has 1 fully saturated rings. The predicted molar refractivity (Wildman–Crippen MR) is 105 cm³/mol. The van der Waals surface area contributed by atoms with E-state index in [1.54, 1.807) is 36.3 Å². The van der Waals surface area contributed by atoms with Crippen LogP contribution in [0.5, 0.6) is 5.75 Å². The van der Waals surface area contributed by atoms with Gasteiger partial charge in [-0.1, -0.05) is 29.8 Å². The highest BCUT2D eigenvalue weighted by atomic mass is 35.5. The minimum absolute atomic E-state index is 0.0143. The van der Waals surface area contributed by atoms with Crippen molar-refractivity contribution in [2.45, 2.75) is 19.4 Å². The Kier molecular flexibility index (Phi) is 6.35. The minimum Gasteiger partial charge on any atom is -0.496 e. The number of amides is 2. The van der Waals surface area contributed by atoms with E-state index in [0.717, 1.165) is 11.3 Å². The van der Waals surface area contributed by atoms with Gasteiger partial charge in [0.1, 0.15) is 5.75 Å². The number of benzene rings is 2. The maximum absolute atomic E-state index is 12.5. The lowest BCUT2D eigenvalue weighted by Gasteiger charge is -2.31. The number of ether oxygens (including phenoxy) is 1. The van der Waals surface area contributed by atoms with Crippen molar-refractivity contribution in [3.05, 3.63) is 64.7 Å². The van der Waals surface area contributed by atoms with Crippen molar-refractivity contribution in [1.29, 1.82) is 0 Å². The van der Waals surface area contributed by atoms with E-state index in [9.17, 15) is 9.59 Å². The second-order valence-electron chi connectivity index (χ2n) is 6.60. The third-order valence-corrected chi connectivity index (χ3v) is 5.14. The van der Waals surface area contributed by atoms with Crippen molar-refractivity contribution in [1.82, 2.24) is 10.2 Å². The van der Waals surface area contributed by atoms with E-state index >= 15 is 0 Å². The van der Waals surface area contributed by atoms with Gasteiger partial charge in [0.05, 0.1) is 7.11 Å². The maximum Gasteiger partial charge on any atom is 0.253 e. The Bertz CT molecular complexity index is 799. The van der Waals surface area contributed by atoms with Gasteiger partial charge in [0.25, 0.3) is 5.91 Å². The number of halogens is 1. The molecule has 5 nitrogen and oxygen atoms in total. The lowest BCUT2D eigenvalue weighted by molar-refractivity contribution is -0.126. The Hall–Kier alpha value is -2.53. The Labute approximate surface area is 164 Å². The smallest absolute Gasteiger partial charge is 0.253 e. The average Bonchev–Trinajstić information content (AvgIpc) is 2.72. The molecule has 0 atom stereocenters. The first-order valence-electron chi connectivity index (χ1n) is 9.03. The summed E-state index contributed by atoms with van der Waals surface area (Å²) in [6, 6.07) is 14.5. The number of carbonyl (C=O) groups excluding carboxylic acids is 2. The van der Waals surface area contributed by atoms with Crippen LogP contribution in [0.2, 0.25) is 5.02 Å². The number of methoxy groups -OCH3 is 1. The summed E-state index contributed by atoms with van der Waals surface area (Å²) in [5.41, 5.74) is 1.57. The van der Waals surface area contributed by atoms with Crippen LogP contribution in [0.4, 0.5) is 0 Å². The Morgan fingerprint density at radius 3 is 2.44 bits per heavy atom. The van der Waals surface area contributed by atoms with Gasteiger partial charge in [-0.05, 0) is 43.2 Å². The molecule has 2 amide bonds. The number of carbonyl (C=O) groups is 2. The highest BCUT2D eigenvalue weighted by Gasteiger charge is 2.27. The van der Waals surface area contributed by atoms with Gasteiger partial charge >= 0.3 is 0 Å². The van der Waals surface area contributed by atoms with Gasteiger partial charge in [0.2, 0.25) is 5.91 Å². The first-order chi connectivity index (χ1) is 13.1. The zero-order valence-corrected chi connectivity index (χ0v) is 16.0. The maximum atomic E-state index is 12.5. The summed E-state index contributed by atoms with van der Waals surface area (Å²) >= 11 is 5.87. The summed E-state index contributed by atoms with van der Waals surface area (Å²) in [7, 11) is 1.62. The molecule has 0 saturated carbocycles. The van der Waals surface area contributed by atoms with Gasteiger partial charge in [-0.3, -0.25) is 9.59 Å². The molecule has 0 spiro atoms. The largest absolute Gasteiger partial charge is 0.496 e. The lowest BCUT2D eigenvalue weighted by Crippen LogP contribution is -2.42. The fourth-order valence-corrected chi connectivity index (χ4v) is 3.42. The Balaban J connectivity index is 1.50. The lowest BCUT2D eigenvalue weighted by atomic mass is 9.95. The van der Waals surface area contributed by atoms with Crippen molar-refractivity contribution >= 4 is 23.4 Å². The van der Waals surface area contributed by atoms with E-state index in [-0.39, 0.29) is 17.7 Å². The normalized spacial score (nSPS) is 14.7. The molecule has 3 rings (SSSR count). The van der Waals surface area contributed by atoms with Crippen molar-refractivity contribution in [2.24, 2.45) is 5.92 Å². The summed E-state index contributed by atoms with van der Waals surface area (Å²) in [5.74, 6) is 0.703. The second-order valence-corrected chi connectivity index (χ2v) is 7.04. The summed E-state index contributed by atoms with van der Waals surface area (Å²) in [5, 5.41) is 3.60. The van der Waals surface area contributed by atoms with Crippen LogP contribution in [0.3, 0.4) is 0 Å². The molecule has 27 heavy (non-hydrogen) atoms. The van der Waals surface area contributed by atoms with Gasteiger partial charge in [-0.25, -0.2) is 0 Å². The van der Waals surface area contributed by atoms with Crippen LogP contribution in [-0.4, -0.2) is 36.9 Å². The molecule has 1 heterocycles. The third-order valence-electron chi connectivity index (χ3n) is 4.89. The average molecular weight is 387 g/mol. The monoisotopic (exact) mass is 386 g/mol. The van der Waals surface area contributed by atoms with E-state index < -0.39 is 0 Å². The Morgan fingerprint density at radius 2 is 1.78 bits per heavy atom. The van der Waals surface area contributed by atoms with Crippen LogP contribution in [-0.2, 0) is 11.3 Å². The Morgan fingerprint density at radius 1 is 1.11 bits per heavy atom. The second kappa shape index (κ2) is 8.91. The van der Waals surface area contributed by atoms with Crippen LogP contribution in [0.25, 0.3) is 0 Å². The van der Waals surface area contributed by atoms with Gasteiger partial charge < -0.3 is 15.0 Å². The zero-order valence-electron chi connectivity index (χ0n) is 15.3. The van der Waals surface area contributed by atoms with E-state index in [4.69, 9.17) is 16.3 Å². The van der Waals surface area contributed by atoms with E-state index in [1.165, 1.54) is 0 Å². The van der Waals surface area contributed by atoms with E-state index in [1.807, 2.05) is 24.3 Å². The number of nitrogens with zero attached hydrogens (tertiary/aromatic N) is 1. The quantitative estimate of drug-likeness (QED) is 0.855. The van der Waals surface area contributed by atoms with E-state index in [0.29, 0.717) is 43.1 Å². The standard InChI is InChI=1S/C21H23ClN2O3/c1-27-19-5-3-2-4-17(19)14-23-20(25)15-10-12-24(13-11-15)21(26)16-6-8-18(22)9-7-16/h2-9,15H,10-14H2,1H3,(H,23,25). The third kappa shape index (κ3) is 4.80. The first kappa shape index (κ1) is 19.2.